The van der Waals surface area contributed by atoms with Crippen LogP contribution in [0.15, 0.2) is 24.3 Å². The molecule has 1 aromatic rings. The predicted molar refractivity (Wildman–Crippen MR) is 74.5 cm³/mol. The van der Waals surface area contributed by atoms with Gasteiger partial charge in [-0.25, -0.2) is 0 Å². The van der Waals surface area contributed by atoms with Crippen LogP contribution < -0.4 is 4.90 Å². The molecular weight excluding hydrogens is 210 g/mol. The van der Waals surface area contributed by atoms with Gasteiger partial charge in [0.25, 0.3) is 0 Å². The van der Waals surface area contributed by atoms with Gasteiger partial charge < -0.3 is 10.0 Å². The van der Waals surface area contributed by atoms with Crippen LogP contribution in [0.25, 0.3) is 0 Å². The molecule has 0 aliphatic heterocycles. The number of para-hydroxylation sites is 1. The molecule has 17 heavy (non-hydrogen) atoms. The van der Waals surface area contributed by atoms with E-state index < -0.39 is 0 Å². The minimum atomic E-state index is -0.358. The summed E-state index contributed by atoms with van der Waals surface area (Å²) in [5, 5.41) is 10.1. The fraction of sp³-hybridized carbons (Fsp3) is 0.600. The Bertz CT molecular complexity index is 333. The van der Waals surface area contributed by atoms with Crippen LogP contribution in [0.3, 0.4) is 0 Å². The maximum Gasteiger partial charge on any atom is 0.0807 e. The minimum absolute atomic E-state index is 0.358. The number of aliphatic hydroxyl groups is 1. The molecule has 1 N–H and O–H groups in total. The SMILES string of the molecule is CCC(CC)N(C)c1ccccc1[C@@H](O)CC. The van der Waals surface area contributed by atoms with Crippen molar-refractivity contribution in [1.29, 1.82) is 0 Å². The lowest BCUT2D eigenvalue weighted by Crippen LogP contribution is -2.31. The summed E-state index contributed by atoms with van der Waals surface area (Å²) in [6, 6.07) is 8.72. The highest BCUT2D eigenvalue weighted by Gasteiger charge is 2.17. The monoisotopic (exact) mass is 235 g/mol. The first-order valence-corrected chi connectivity index (χ1v) is 6.65. The van der Waals surface area contributed by atoms with Crippen molar-refractivity contribution in [3.05, 3.63) is 29.8 Å². The molecule has 0 heterocycles. The first-order valence-electron chi connectivity index (χ1n) is 6.65. The average molecular weight is 235 g/mol. The first kappa shape index (κ1) is 14.0. The summed E-state index contributed by atoms with van der Waals surface area (Å²) in [5.41, 5.74) is 2.21. The Labute approximate surface area is 105 Å². The summed E-state index contributed by atoms with van der Waals surface area (Å²) in [7, 11) is 2.12. The van der Waals surface area contributed by atoms with E-state index in [1.165, 1.54) is 0 Å². The normalized spacial score (nSPS) is 12.8. The van der Waals surface area contributed by atoms with Gasteiger partial charge in [0.05, 0.1) is 6.10 Å². The molecule has 1 rings (SSSR count). The van der Waals surface area contributed by atoms with Crippen LogP contribution in [0, 0.1) is 0 Å². The second kappa shape index (κ2) is 6.65. The van der Waals surface area contributed by atoms with E-state index in [9.17, 15) is 5.11 Å². The Kier molecular flexibility index (Phi) is 5.49. The van der Waals surface area contributed by atoms with Gasteiger partial charge in [-0.05, 0) is 25.3 Å². The molecular formula is C15H25NO. The molecule has 2 heteroatoms. The van der Waals surface area contributed by atoms with E-state index in [1.54, 1.807) is 0 Å². The lowest BCUT2D eigenvalue weighted by molar-refractivity contribution is 0.174. The van der Waals surface area contributed by atoms with Gasteiger partial charge in [-0.1, -0.05) is 39.0 Å². The zero-order chi connectivity index (χ0) is 12.8. The van der Waals surface area contributed by atoms with Crippen LogP contribution in [0.2, 0.25) is 0 Å². The molecule has 0 radical (unpaired) electrons. The largest absolute Gasteiger partial charge is 0.388 e. The van der Waals surface area contributed by atoms with Crippen molar-refractivity contribution in [2.24, 2.45) is 0 Å². The number of hydrogen-bond acceptors (Lipinski definition) is 2. The number of anilines is 1. The van der Waals surface area contributed by atoms with Crippen LogP contribution in [-0.4, -0.2) is 18.2 Å². The topological polar surface area (TPSA) is 23.5 Å². The summed E-state index contributed by atoms with van der Waals surface area (Å²) >= 11 is 0. The van der Waals surface area contributed by atoms with Gasteiger partial charge in [-0.2, -0.15) is 0 Å². The minimum Gasteiger partial charge on any atom is -0.388 e. The summed E-state index contributed by atoms with van der Waals surface area (Å²) in [6.07, 6.45) is 2.66. The number of aliphatic hydroxyl groups excluding tert-OH is 1. The molecule has 0 aromatic heterocycles. The van der Waals surface area contributed by atoms with Gasteiger partial charge in [0.1, 0.15) is 0 Å². The van der Waals surface area contributed by atoms with E-state index in [-0.39, 0.29) is 6.10 Å². The Morgan fingerprint density at radius 2 is 1.65 bits per heavy atom. The summed E-state index contributed by atoms with van der Waals surface area (Å²) in [5.74, 6) is 0. The second-order valence-electron chi connectivity index (χ2n) is 4.56. The van der Waals surface area contributed by atoms with Crippen molar-refractivity contribution in [1.82, 2.24) is 0 Å². The van der Waals surface area contributed by atoms with E-state index >= 15 is 0 Å². The number of rotatable bonds is 6. The Morgan fingerprint density at radius 1 is 1.06 bits per heavy atom. The fourth-order valence-corrected chi connectivity index (χ4v) is 2.34. The number of hydrogen-bond donors (Lipinski definition) is 1. The van der Waals surface area contributed by atoms with Gasteiger partial charge in [0, 0.05) is 24.3 Å². The van der Waals surface area contributed by atoms with Gasteiger partial charge in [0.2, 0.25) is 0 Å². The quantitative estimate of drug-likeness (QED) is 0.811. The Hall–Kier alpha value is -1.02. The van der Waals surface area contributed by atoms with Crippen molar-refractivity contribution in [2.75, 3.05) is 11.9 Å². The van der Waals surface area contributed by atoms with Crippen molar-refractivity contribution >= 4 is 5.69 Å². The predicted octanol–water partition coefficient (Wildman–Crippen LogP) is 3.75. The van der Waals surface area contributed by atoms with E-state index in [1.807, 2.05) is 25.1 Å². The molecule has 0 unspecified atom stereocenters. The van der Waals surface area contributed by atoms with Crippen molar-refractivity contribution in [3.63, 3.8) is 0 Å². The molecule has 0 aliphatic carbocycles. The third-order valence-electron chi connectivity index (χ3n) is 3.55. The van der Waals surface area contributed by atoms with Crippen molar-refractivity contribution < 1.29 is 5.11 Å². The van der Waals surface area contributed by atoms with Gasteiger partial charge in [-0.3, -0.25) is 0 Å². The average Bonchev–Trinajstić information content (AvgIpc) is 2.39. The maximum atomic E-state index is 10.1. The van der Waals surface area contributed by atoms with Crippen LogP contribution in [-0.2, 0) is 0 Å². The molecule has 0 saturated carbocycles. The molecule has 1 aromatic carbocycles. The highest BCUT2D eigenvalue weighted by atomic mass is 16.3. The van der Waals surface area contributed by atoms with E-state index in [0.29, 0.717) is 6.04 Å². The summed E-state index contributed by atoms with van der Waals surface area (Å²) < 4.78 is 0. The molecule has 0 saturated heterocycles. The van der Waals surface area contributed by atoms with Gasteiger partial charge in [-0.15, -0.1) is 0 Å². The maximum absolute atomic E-state index is 10.1. The molecule has 0 aliphatic rings. The third kappa shape index (κ3) is 3.22. The van der Waals surface area contributed by atoms with Crippen LogP contribution in [0.5, 0.6) is 0 Å². The Morgan fingerprint density at radius 3 is 2.18 bits per heavy atom. The first-order chi connectivity index (χ1) is 8.15. The molecule has 0 fully saturated rings. The smallest absolute Gasteiger partial charge is 0.0807 e. The number of nitrogens with zero attached hydrogens (tertiary/aromatic N) is 1. The lowest BCUT2D eigenvalue weighted by Gasteiger charge is -2.31. The Balaban J connectivity index is 3.03. The lowest BCUT2D eigenvalue weighted by atomic mass is 10.0. The fourth-order valence-electron chi connectivity index (χ4n) is 2.34. The zero-order valence-electron chi connectivity index (χ0n) is 11.5. The van der Waals surface area contributed by atoms with Crippen molar-refractivity contribution in [2.45, 2.75) is 52.2 Å². The molecule has 96 valence electrons. The third-order valence-corrected chi connectivity index (χ3v) is 3.55. The van der Waals surface area contributed by atoms with Gasteiger partial charge >= 0.3 is 0 Å². The summed E-state index contributed by atoms with van der Waals surface area (Å²) in [4.78, 5) is 2.30. The van der Waals surface area contributed by atoms with Crippen LogP contribution in [0.4, 0.5) is 5.69 Å². The van der Waals surface area contributed by atoms with Crippen LogP contribution >= 0.6 is 0 Å². The van der Waals surface area contributed by atoms with Crippen LogP contribution in [0.1, 0.15) is 51.7 Å². The van der Waals surface area contributed by atoms with Crippen molar-refractivity contribution in [3.8, 4) is 0 Å². The standard InChI is InChI=1S/C15H25NO/c1-5-12(6-2)16(4)14-11-9-8-10-13(14)15(17)7-3/h8-12,15,17H,5-7H2,1-4H3/t15-/m0/s1. The molecule has 0 amide bonds. The zero-order valence-corrected chi connectivity index (χ0v) is 11.5. The number of benzene rings is 1. The highest BCUT2D eigenvalue weighted by Crippen LogP contribution is 2.29. The summed E-state index contributed by atoms with van der Waals surface area (Å²) in [6.45, 7) is 6.44. The van der Waals surface area contributed by atoms with E-state index in [4.69, 9.17) is 0 Å². The molecule has 1 atom stereocenters. The molecule has 2 nitrogen and oxygen atoms in total. The molecule has 0 bridgehead atoms. The van der Waals surface area contributed by atoms with E-state index in [2.05, 4.69) is 31.9 Å². The second-order valence-corrected chi connectivity index (χ2v) is 4.56. The molecule has 0 spiro atoms. The highest BCUT2D eigenvalue weighted by molar-refractivity contribution is 5.54. The van der Waals surface area contributed by atoms with Gasteiger partial charge in [0.15, 0.2) is 0 Å². The van der Waals surface area contributed by atoms with E-state index in [0.717, 1.165) is 30.5 Å².